The van der Waals surface area contributed by atoms with Crippen molar-refractivity contribution in [2.24, 2.45) is 0 Å². The Labute approximate surface area is 131 Å². The van der Waals surface area contributed by atoms with Crippen LogP contribution in [-0.4, -0.2) is 31.9 Å². The van der Waals surface area contributed by atoms with Crippen LogP contribution in [0.3, 0.4) is 0 Å². The van der Waals surface area contributed by atoms with Gasteiger partial charge in [-0.2, -0.15) is 0 Å². The standard InChI is InChI=1S/C15H22ClNO3S/c1-21(19,20)14-7-5-6-13(16)12(14)10-17-15(11-18)8-3-2-4-9-15/h5-7,17-18H,2-4,8-11H2,1H3. The highest BCUT2D eigenvalue weighted by Gasteiger charge is 2.31. The van der Waals surface area contributed by atoms with Crippen LogP contribution in [0.2, 0.25) is 5.02 Å². The fourth-order valence-electron chi connectivity index (χ4n) is 2.95. The molecule has 0 aliphatic heterocycles. The van der Waals surface area contributed by atoms with Gasteiger partial charge in [-0.25, -0.2) is 8.42 Å². The van der Waals surface area contributed by atoms with Crippen molar-refractivity contribution >= 4 is 21.4 Å². The second-order valence-corrected chi connectivity index (χ2v) is 8.23. The van der Waals surface area contributed by atoms with Gasteiger partial charge in [-0.05, 0) is 25.0 Å². The van der Waals surface area contributed by atoms with Gasteiger partial charge in [0.25, 0.3) is 0 Å². The van der Waals surface area contributed by atoms with E-state index in [2.05, 4.69) is 5.32 Å². The number of hydrogen-bond donors (Lipinski definition) is 2. The quantitative estimate of drug-likeness (QED) is 0.870. The van der Waals surface area contributed by atoms with Crippen molar-refractivity contribution in [1.82, 2.24) is 5.32 Å². The Hall–Kier alpha value is -0.620. The molecule has 1 aromatic rings. The minimum absolute atomic E-state index is 0.0612. The first-order chi connectivity index (χ1) is 9.88. The molecule has 21 heavy (non-hydrogen) atoms. The molecule has 0 aromatic heterocycles. The molecule has 2 rings (SSSR count). The first-order valence-corrected chi connectivity index (χ1v) is 9.48. The predicted octanol–water partition coefficient (Wildman–Crippen LogP) is 2.53. The fraction of sp³-hybridized carbons (Fsp3) is 0.600. The van der Waals surface area contributed by atoms with Crippen molar-refractivity contribution in [2.45, 2.75) is 49.1 Å². The summed E-state index contributed by atoms with van der Waals surface area (Å²) in [5.74, 6) is 0. The Balaban J connectivity index is 2.23. The molecular weight excluding hydrogens is 310 g/mol. The van der Waals surface area contributed by atoms with Crippen molar-refractivity contribution in [3.8, 4) is 0 Å². The summed E-state index contributed by atoms with van der Waals surface area (Å²) in [7, 11) is -3.32. The third-order valence-corrected chi connectivity index (χ3v) is 5.76. The average molecular weight is 332 g/mol. The summed E-state index contributed by atoms with van der Waals surface area (Å²) >= 11 is 6.17. The molecular formula is C15H22ClNO3S. The van der Waals surface area contributed by atoms with Gasteiger partial charge in [-0.3, -0.25) is 0 Å². The lowest BCUT2D eigenvalue weighted by atomic mass is 9.82. The highest BCUT2D eigenvalue weighted by Crippen LogP contribution is 2.30. The second-order valence-electron chi connectivity index (χ2n) is 5.84. The highest BCUT2D eigenvalue weighted by atomic mass is 35.5. The largest absolute Gasteiger partial charge is 0.394 e. The van der Waals surface area contributed by atoms with Crippen molar-refractivity contribution < 1.29 is 13.5 Å². The average Bonchev–Trinajstić information content (AvgIpc) is 2.46. The van der Waals surface area contributed by atoms with E-state index in [1.807, 2.05) is 0 Å². The van der Waals surface area contributed by atoms with E-state index in [-0.39, 0.29) is 17.0 Å². The smallest absolute Gasteiger partial charge is 0.175 e. The van der Waals surface area contributed by atoms with E-state index >= 15 is 0 Å². The molecule has 0 spiro atoms. The summed E-state index contributed by atoms with van der Waals surface area (Å²) in [5, 5.41) is 13.5. The molecule has 4 nitrogen and oxygen atoms in total. The van der Waals surface area contributed by atoms with Gasteiger partial charge in [0.05, 0.1) is 11.5 Å². The molecule has 0 radical (unpaired) electrons. The van der Waals surface area contributed by atoms with Crippen LogP contribution in [0, 0.1) is 0 Å². The van der Waals surface area contributed by atoms with Gasteiger partial charge >= 0.3 is 0 Å². The summed E-state index contributed by atoms with van der Waals surface area (Å²) in [6.45, 7) is 0.411. The van der Waals surface area contributed by atoms with E-state index in [4.69, 9.17) is 11.6 Å². The fourth-order valence-corrected chi connectivity index (χ4v) is 4.21. The lowest BCUT2D eigenvalue weighted by Gasteiger charge is -2.37. The van der Waals surface area contributed by atoms with Crippen LogP contribution in [0.25, 0.3) is 0 Å². The number of aliphatic hydroxyl groups is 1. The Bertz CT molecular complexity index is 595. The molecule has 6 heteroatoms. The summed E-state index contributed by atoms with van der Waals surface area (Å²) in [4.78, 5) is 0.256. The predicted molar refractivity (Wildman–Crippen MR) is 84.3 cm³/mol. The molecule has 1 fully saturated rings. The minimum Gasteiger partial charge on any atom is -0.394 e. The minimum atomic E-state index is -3.32. The maximum atomic E-state index is 11.9. The topological polar surface area (TPSA) is 66.4 Å². The van der Waals surface area contributed by atoms with Gasteiger partial charge in [0.15, 0.2) is 9.84 Å². The summed E-state index contributed by atoms with van der Waals surface area (Å²) in [5.41, 5.74) is 0.270. The zero-order chi connectivity index (χ0) is 15.5. The van der Waals surface area contributed by atoms with Gasteiger partial charge in [0.1, 0.15) is 0 Å². The van der Waals surface area contributed by atoms with E-state index < -0.39 is 9.84 Å². The maximum Gasteiger partial charge on any atom is 0.175 e. The molecule has 2 N–H and O–H groups in total. The van der Waals surface area contributed by atoms with E-state index in [1.54, 1.807) is 18.2 Å². The van der Waals surface area contributed by atoms with E-state index in [9.17, 15) is 13.5 Å². The number of nitrogens with one attached hydrogen (secondary N) is 1. The van der Waals surface area contributed by atoms with Gasteiger partial charge in [0, 0.05) is 28.9 Å². The van der Waals surface area contributed by atoms with E-state index in [1.165, 1.54) is 12.7 Å². The first-order valence-electron chi connectivity index (χ1n) is 7.21. The molecule has 0 unspecified atom stereocenters. The third kappa shape index (κ3) is 3.97. The molecule has 0 heterocycles. The van der Waals surface area contributed by atoms with E-state index in [0.29, 0.717) is 17.1 Å². The molecule has 1 aromatic carbocycles. The third-order valence-electron chi connectivity index (χ3n) is 4.23. The van der Waals surface area contributed by atoms with Crippen molar-refractivity contribution in [1.29, 1.82) is 0 Å². The Morgan fingerprint density at radius 1 is 1.29 bits per heavy atom. The number of halogens is 1. The Morgan fingerprint density at radius 3 is 2.52 bits per heavy atom. The van der Waals surface area contributed by atoms with Crippen LogP contribution >= 0.6 is 11.6 Å². The van der Waals surface area contributed by atoms with Crippen LogP contribution in [0.5, 0.6) is 0 Å². The molecule has 118 valence electrons. The van der Waals surface area contributed by atoms with E-state index in [0.717, 1.165) is 25.7 Å². The van der Waals surface area contributed by atoms with Crippen LogP contribution in [0.4, 0.5) is 0 Å². The Kier molecular flexibility index (Phi) is 5.30. The van der Waals surface area contributed by atoms with Crippen molar-refractivity contribution in [3.05, 3.63) is 28.8 Å². The summed E-state index contributed by atoms with van der Waals surface area (Å²) in [6.07, 6.45) is 6.34. The number of rotatable bonds is 5. The highest BCUT2D eigenvalue weighted by molar-refractivity contribution is 7.90. The van der Waals surface area contributed by atoms with Crippen LogP contribution < -0.4 is 5.32 Å². The maximum absolute atomic E-state index is 11.9. The number of aliphatic hydroxyl groups excluding tert-OH is 1. The van der Waals surface area contributed by atoms with Gasteiger partial charge in [-0.15, -0.1) is 0 Å². The zero-order valence-corrected chi connectivity index (χ0v) is 13.8. The normalized spacial score (nSPS) is 18.6. The van der Waals surface area contributed by atoms with Gasteiger partial charge in [0.2, 0.25) is 0 Å². The molecule has 1 aliphatic rings. The number of hydrogen-bond acceptors (Lipinski definition) is 4. The molecule has 0 bridgehead atoms. The zero-order valence-electron chi connectivity index (χ0n) is 12.2. The lowest BCUT2D eigenvalue weighted by molar-refractivity contribution is 0.119. The number of benzene rings is 1. The summed E-state index contributed by atoms with van der Waals surface area (Å²) < 4.78 is 23.7. The molecule has 1 saturated carbocycles. The SMILES string of the molecule is CS(=O)(=O)c1cccc(Cl)c1CNC1(CO)CCCCC1. The van der Waals surface area contributed by atoms with Gasteiger partial charge < -0.3 is 10.4 Å². The molecule has 0 saturated heterocycles. The molecule has 0 amide bonds. The molecule has 0 atom stereocenters. The first kappa shape index (κ1) is 16.7. The van der Waals surface area contributed by atoms with Gasteiger partial charge in [-0.1, -0.05) is 36.9 Å². The second kappa shape index (κ2) is 6.65. The monoisotopic (exact) mass is 331 g/mol. The van der Waals surface area contributed by atoms with Crippen molar-refractivity contribution in [2.75, 3.05) is 12.9 Å². The van der Waals surface area contributed by atoms with Crippen molar-refractivity contribution in [3.63, 3.8) is 0 Å². The molecule has 1 aliphatic carbocycles. The summed E-state index contributed by atoms with van der Waals surface area (Å²) in [6, 6.07) is 4.91. The Morgan fingerprint density at radius 2 is 1.95 bits per heavy atom. The lowest BCUT2D eigenvalue weighted by Crippen LogP contribution is -2.49. The van der Waals surface area contributed by atoms with Crippen LogP contribution in [-0.2, 0) is 16.4 Å². The number of sulfone groups is 1. The van der Waals surface area contributed by atoms with Crippen LogP contribution in [0.1, 0.15) is 37.7 Å². The van der Waals surface area contributed by atoms with Crippen LogP contribution in [0.15, 0.2) is 23.1 Å².